The zero-order chi connectivity index (χ0) is 14.9. The number of rotatable bonds is 10. The smallest absolute Gasteiger partial charge is 0.167 e. The highest BCUT2D eigenvalue weighted by Crippen LogP contribution is 2.30. The first-order valence-corrected chi connectivity index (χ1v) is 8.12. The molecule has 116 valence electrons. The molecule has 0 bridgehead atoms. The van der Waals surface area contributed by atoms with Gasteiger partial charge >= 0.3 is 0 Å². The molecule has 0 saturated heterocycles. The molecule has 2 aromatic rings. The summed E-state index contributed by atoms with van der Waals surface area (Å²) in [6.45, 7) is 8.47. The van der Waals surface area contributed by atoms with Gasteiger partial charge in [0.1, 0.15) is 0 Å². The van der Waals surface area contributed by atoms with Gasteiger partial charge in [0.2, 0.25) is 0 Å². The van der Waals surface area contributed by atoms with E-state index in [2.05, 4.69) is 41.8 Å². The molecule has 1 aromatic carbocycles. The van der Waals surface area contributed by atoms with Crippen LogP contribution in [0.1, 0.15) is 44.7 Å². The first-order valence-electron chi connectivity index (χ1n) is 8.12. The first-order chi connectivity index (χ1) is 10.4. The Kier molecular flexibility index (Phi) is 6.70. The second-order valence-electron chi connectivity index (χ2n) is 5.44. The molecule has 2 rings (SSSR count). The molecule has 2 N–H and O–H groups in total. The molecule has 4 nitrogen and oxygen atoms in total. The molecule has 1 unspecified atom stereocenters. The van der Waals surface area contributed by atoms with Gasteiger partial charge in [-0.1, -0.05) is 37.6 Å². The van der Waals surface area contributed by atoms with Gasteiger partial charge in [0.15, 0.2) is 5.58 Å². The van der Waals surface area contributed by atoms with Crippen molar-refractivity contribution >= 4 is 11.0 Å². The van der Waals surface area contributed by atoms with Crippen LogP contribution in [0, 0.1) is 0 Å². The molecule has 0 amide bonds. The van der Waals surface area contributed by atoms with Crippen LogP contribution < -0.4 is 10.6 Å². The maximum atomic E-state index is 5.46. The van der Waals surface area contributed by atoms with Gasteiger partial charge in [0.25, 0.3) is 0 Å². The Morgan fingerprint density at radius 3 is 2.67 bits per heavy atom. The van der Waals surface area contributed by atoms with Crippen molar-refractivity contribution in [3.8, 4) is 0 Å². The summed E-state index contributed by atoms with van der Waals surface area (Å²) >= 11 is 0. The largest absolute Gasteiger partial charge is 0.356 e. The SMILES string of the molecule is CCCC(CCNCCNCC)c1noc2ccccc12. The minimum atomic E-state index is 0.477. The Balaban J connectivity index is 1.92. The van der Waals surface area contributed by atoms with Crippen molar-refractivity contribution in [3.63, 3.8) is 0 Å². The lowest BCUT2D eigenvalue weighted by molar-refractivity contribution is 0.423. The molecule has 0 aliphatic heterocycles. The highest BCUT2D eigenvalue weighted by Gasteiger charge is 2.17. The van der Waals surface area contributed by atoms with Gasteiger partial charge in [-0.25, -0.2) is 0 Å². The standard InChI is InChI=1S/C17H27N3O/c1-3-7-14(10-11-19-13-12-18-4-2)17-15-8-5-6-9-16(15)21-20-17/h5-6,8-9,14,18-19H,3-4,7,10-13H2,1-2H3. The molecule has 0 fully saturated rings. The first kappa shape index (κ1) is 16.0. The fourth-order valence-electron chi connectivity index (χ4n) is 2.72. The molecule has 1 heterocycles. The van der Waals surface area contributed by atoms with Gasteiger partial charge in [-0.2, -0.15) is 0 Å². The Morgan fingerprint density at radius 2 is 1.86 bits per heavy atom. The van der Waals surface area contributed by atoms with Crippen molar-refractivity contribution in [1.82, 2.24) is 15.8 Å². The fourth-order valence-corrected chi connectivity index (χ4v) is 2.72. The zero-order valence-corrected chi connectivity index (χ0v) is 13.2. The number of hydrogen-bond donors (Lipinski definition) is 2. The molecule has 0 radical (unpaired) electrons. The number of nitrogens with one attached hydrogen (secondary N) is 2. The third-order valence-electron chi connectivity index (χ3n) is 3.83. The van der Waals surface area contributed by atoms with Gasteiger partial charge in [-0.15, -0.1) is 0 Å². The number of nitrogens with zero attached hydrogens (tertiary/aromatic N) is 1. The van der Waals surface area contributed by atoms with E-state index < -0.39 is 0 Å². The summed E-state index contributed by atoms with van der Waals surface area (Å²) in [4.78, 5) is 0. The number of aromatic nitrogens is 1. The van der Waals surface area contributed by atoms with E-state index in [-0.39, 0.29) is 0 Å². The number of hydrogen-bond acceptors (Lipinski definition) is 4. The van der Waals surface area contributed by atoms with E-state index in [1.807, 2.05) is 12.1 Å². The van der Waals surface area contributed by atoms with Crippen LogP contribution in [0.15, 0.2) is 28.8 Å². The van der Waals surface area contributed by atoms with Crippen LogP contribution in [-0.2, 0) is 0 Å². The minimum absolute atomic E-state index is 0.477. The molecule has 21 heavy (non-hydrogen) atoms. The van der Waals surface area contributed by atoms with Crippen molar-refractivity contribution in [2.45, 2.75) is 39.0 Å². The van der Waals surface area contributed by atoms with E-state index in [9.17, 15) is 0 Å². The van der Waals surface area contributed by atoms with Gasteiger partial charge < -0.3 is 15.2 Å². The second kappa shape index (κ2) is 8.80. The lowest BCUT2D eigenvalue weighted by Crippen LogP contribution is -2.28. The quantitative estimate of drug-likeness (QED) is 0.659. The lowest BCUT2D eigenvalue weighted by Gasteiger charge is -2.14. The third-order valence-corrected chi connectivity index (χ3v) is 3.83. The summed E-state index contributed by atoms with van der Waals surface area (Å²) in [6.07, 6.45) is 3.44. The summed E-state index contributed by atoms with van der Waals surface area (Å²) < 4.78 is 5.46. The summed E-state index contributed by atoms with van der Waals surface area (Å²) in [6, 6.07) is 8.15. The topological polar surface area (TPSA) is 50.1 Å². The van der Waals surface area contributed by atoms with Crippen LogP contribution >= 0.6 is 0 Å². The molecule has 1 atom stereocenters. The molecular formula is C17H27N3O. The van der Waals surface area contributed by atoms with Gasteiger partial charge in [0, 0.05) is 24.4 Å². The van der Waals surface area contributed by atoms with E-state index in [1.165, 1.54) is 11.8 Å². The van der Waals surface area contributed by atoms with Crippen LogP contribution in [0.3, 0.4) is 0 Å². The molecule has 1 aromatic heterocycles. The van der Waals surface area contributed by atoms with E-state index in [0.29, 0.717) is 5.92 Å². The third kappa shape index (κ3) is 4.55. The van der Waals surface area contributed by atoms with Gasteiger partial charge in [-0.05, 0) is 38.1 Å². The summed E-state index contributed by atoms with van der Waals surface area (Å²) in [5, 5.41) is 12.3. The van der Waals surface area contributed by atoms with E-state index in [4.69, 9.17) is 4.52 Å². The average molecular weight is 289 g/mol. The molecular weight excluding hydrogens is 262 g/mol. The number of likely N-dealkylation sites (N-methyl/N-ethyl adjacent to an activating group) is 1. The molecule has 0 spiro atoms. The lowest BCUT2D eigenvalue weighted by atomic mass is 9.94. The van der Waals surface area contributed by atoms with Crippen LogP contribution in [0.5, 0.6) is 0 Å². The van der Waals surface area contributed by atoms with Crippen LogP contribution in [0.25, 0.3) is 11.0 Å². The van der Waals surface area contributed by atoms with Gasteiger partial charge in [0.05, 0.1) is 5.69 Å². The zero-order valence-electron chi connectivity index (χ0n) is 13.2. The summed E-state index contributed by atoms with van der Waals surface area (Å²) in [5.41, 5.74) is 2.02. The maximum Gasteiger partial charge on any atom is 0.167 e. The molecule has 0 aliphatic carbocycles. The predicted molar refractivity (Wildman–Crippen MR) is 87.7 cm³/mol. The van der Waals surface area contributed by atoms with Crippen LogP contribution in [-0.4, -0.2) is 31.3 Å². The average Bonchev–Trinajstić information content (AvgIpc) is 2.93. The Hall–Kier alpha value is -1.39. The fraction of sp³-hybridized carbons (Fsp3) is 0.588. The van der Waals surface area contributed by atoms with E-state index in [1.54, 1.807) is 0 Å². The van der Waals surface area contributed by atoms with Gasteiger partial charge in [-0.3, -0.25) is 0 Å². The van der Waals surface area contributed by atoms with Crippen LogP contribution in [0.4, 0.5) is 0 Å². The van der Waals surface area contributed by atoms with Crippen molar-refractivity contribution in [1.29, 1.82) is 0 Å². The summed E-state index contributed by atoms with van der Waals surface area (Å²) in [7, 11) is 0. The minimum Gasteiger partial charge on any atom is -0.356 e. The maximum absolute atomic E-state index is 5.46. The van der Waals surface area contributed by atoms with E-state index >= 15 is 0 Å². The van der Waals surface area contributed by atoms with Crippen molar-refractivity contribution < 1.29 is 4.52 Å². The highest BCUT2D eigenvalue weighted by atomic mass is 16.5. The highest BCUT2D eigenvalue weighted by molar-refractivity contribution is 5.79. The van der Waals surface area contributed by atoms with Crippen LogP contribution in [0.2, 0.25) is 0 Å². The van der Waals surface area contributed by atoms with E-state index in [0.717, 1.165) is 50.3 Å². The van der Waals surface area contributed by atoms with Crippen molar-refractivity contribution in [2.75, 3.05) is 26.2 Å². The molecule has 4 heteroatoms. The monoisotopic (exact) mass is 289 g/mol. The molecule has 0 saturated carbocycles. The second-order valence-corrected chi connectivity index (χ2v) is 5.44. The van der Waals surface area contributed by atoms with Crippen molar-refractivity contribution in [2.24, 2.45) is 0 Å². The Labute approximate surface area is 127 Å². The predicted octanol–water partition coefficient (Wildman–Crippen LogP) is 3.30. The number of benzene rings is 1. The summed E-state index contributed by atoms with van der Waals surface area (Å²) in [5.74, 6) is 0.477. The Morgan fingerprint density at radius 1 is 1.05 bits per heavy atom. The van der Waals surface area contributed by atoms with Crippen molar-refractivity contribution in [3.05, 3.63) is 30.0 Å². The molecule has 0 aliphatic rings. The number of fused-ring (bicyclic) bond motifs is 1. The Bertz CT molecular complexity index is 523. The number of para-hydroxylation sites is 1. The normalized spacial score (nSPS) is 12.9.